The summed E-state index contributed by atoms with van der Waals surface area (Å²) < 4.78 is 42.4. The molecule has 0 saturated carbocycles. The molecule has 9 heteroatoms. The molecule has 2 rings (SSSR count). The Kier molecular flexibility index (Phi) is 6.80. The summed E-state index contributed by atoms with van der Waals surface area (Å²) in [5.41, 5.74) is -0.0310. The van der Waals surface area contributed by atoms with E-state index in [1.807, 2.05) is 38.1 Å². The predicted octanol–water partition coefficient (Wildman–Crippen LogP) is 3.87. The quantitative estimate of drug-likeness (QED) is 0.681. The van der Waals surface area contributed by atoms with Gasteiger partial charge >= 0.3 is 12.1 Å². The van der Waals surface area contributed by atoms with Crippen LogP contribution in [0, 0.1) is 5.41 Å². The fourth-order valence-corrected chi connectivity index (χ4v) is 3.79. The number of benzene rings is 1. The number of aromatic nitrogens is 1. The molecule has 0 atom stereocenters. The van der Waals surface area contributed by atoms with E-state index in [0.29, 0.717) is 19.3 Å². The maximum atomic E-state index is 12.6. The molecule has 0 spiro atoms. The van der Waals surface area contributed by atoms with Crippen LogP contribution in [0.1, 0.15) is 31.7 Å². The van der Waals surface area contributed by atoms with Crippen LogP contribution in [0.15, 0.2) is 24.3 Å². The third-order valence-corrected chi connectivity index (χ3v) is 5.47. The lowest BCUT2D eigenvalue weighted by molar-refractivity contribution is -0.160. The van der Waals surface area contributed by atoms with E-state index in [4.69, 9.17) is 4.74 Å². The van der Waals surface area contributed by atoms with E-state index >= 15 is 0 Å². The maximum Gasteiger partial charge on any atom is 0.405 e. The molecule has 1 amide bonds. The van der Waals surface area contributed by atoms with Gasteiger partial charge in [-0.2, -0.15) is 13.2 Å². The number of carbonyl (C=O) groups excluding carboxylic acids is 2. The van der Waals surface area contributed by atoms with Crippen LogP contribution in [-0.4, -0.2) is 36.2 Å². The first-order valence-electron chi connectivity index (χ1n) is 8.54. The van der Waals surface area contributed by atoms with Crippen LogP contribution >= 0.6 is 11.3 Å². The summed E-state index contributed by atoms with van der Waals surface area (Å²) in [4.78, 5) is 28.6. The molecule has 1 N–H and O–H groups in total. The monoisotopic (exact) mass is 402 g/mol. The van der Waals surface area contributed by atoms with Crippen molar-refractivity contribution in [3.05, 3.63) is 29.3 Å². The van der Waals surface area contributed by atoms with Crippen LogP contribution in [0.25, 0.3) is 10.2 Å². The number of hydrogen-bond acceptors (Lipinski definition) is 5. The number of fused-ring (bicyclic) bond motifs is 1. The molecule has 0 fully saturated rings. The Hall–Kier alpha value is -2.16. The molecular formula is C18H21F3N2O3S. The van der Waals surface area contributed by atoms with Crippen LogP contribution in [0.3, 0.4) is 0 Å². The molecular weight excluding hydrogens is 381 g/mol. The normalized spacial score (nSPS) is 12.2. The van der Waals surface area contributed by atoms with Crippen LogP contribution < -0.4 is 5.32 Å². The van der Waals surface area contributed by atoms with Crippen molar-refractivity contribution in [2.24, 2.45) is 5.41 Å². The molecule has 148 valence electrons. The summed E-state index contributed by atoms with van der Waals surface area (Å²) in [6.45, 7) is 1.47. The topological polar surface area (TPSA) is 68.3 Å². The van der Waals surface area contributed by atoms with Gasteiger partial charge in [-0.05, 0) is 25.0 Å². The molecule has 0 aliphatic heterocycles. The summed E-state index contributed by atoms with van der Waals surface area (Å²) >= 11 is 1.48. The molecule has 0 unspecified atom stereocenters. The van der Waals surface area contributed by atoms with E-state index in [9.17, 15) is 22.8 Å². The number of carbonyl (C=O) groups is 2. The number of alkyl halides is 3. The minimum atomic E-state index is -4.51. The lowest BCUT2D eigenvalue weighted by Gasteiger charge is -2.28. The largest absolute Gasteiger partial charge is 0.455 e. The molecule has 1 heterocycles. The van der Waals surface area contributed by atoms with Crippen molar-refractivity contribution < 1.29 is 27.5 Å². The Bertz CT molecular complexity index is 767. The number of thiazole rings is 1. The van der Waals surface area contributed by atoms with Crippen molar-refractivity contribution in [3.63, 3.8) is 0 Å². The second kappa shape index (κ2) is 8.69. The van der Waals surface area contributed by atoms with Crippen molar-refractivity contribution in [3.8, 4) is 0 Å². The zero-order valence-electron chi connectivity index (χ0n) is 15.1. The molecule has 0 bridgehead atoms. The van der Waals surface area contributed by atoms with Gasteiger partial charge in [0, 0.05) is 6.42 Å². The summed E-state index contributed by atoms with van der Waals surface area (Å²) in [5.74, 6) is -1.59. The fourth-order valence-electron chi connectivity index (χ4n) is 2.68. The summed E-state index contributed by atoms with van der Waals surface area (Å²) in [6, 6.07) is 7.62. The Morgan fingerprint density at radius 3 is 2.44 bits per heavy atom. The second-order valence-corrected chi connectivity index (χ2v) is 7.32. The number of halogens is 3. The molecule has 0 aliphatic rings. The van der Waals surface area contributed by atoms with Crippen LogP contribution in [0.4, 0.5) is 13.2 Å². The number of nitrogens with zero attached hydrogens (tertiary/aromatic N) is 1. The summed E-state index contributed by atoms with van der Waals surface area (Å²) in [5, 5.41) is 2.46. The van der Waals surface area contributed by atoms with E-state index in [-0.39, 0.29) is 0 Å². The van der Waals surface area contributed by atoms with Gasteiger partial charge in [0.05, 0.1) is 20.6 Å². The number of ether oxygens (including phenoxy) is 1. The zero-order valence-corrected chi connectivity index (χ0v) is 15.9. The highest BCUT2D eigenvalue weighted by atomic mass is 32.1. The van der Waals surface area contributed by atoms with Gasteiger partial charge < -0.3 is 10.1 Å². The predicted molar refractivity (Wildman–Crippen MR) is 96.4 cm³/mol. The van der Waals surface area contributed by atoms with Crippen molar-refractivity contribution in [2.75, 3.05) is 13.2 Å². The van der Waals surface area contributed by atoms with Crippen LogP contribution in [-0.2, 0) is 20.7 Å². The first-order chi connectivity index (χ1) is 12.7. The lowest BCUT2D eigenvalue weighted by atomic mass is 9.79. The first kappa shape index (κ1) is 21.1. The number of esters is 1. The molecule has 0 saturated heterocycles. The van der Waals surface area contributed by atoms with E-state index in [0.717, 1.165) is 15.2 Å². The number of nitrogens with one attached hydrogen (secondary N) is 1. The van der Waals surface area contributed by atoms with Gasteiger partial charge in [-0.15, -0.1) is 11.3 Å². The standard InChI is InChI=1S/C18H21F3N2O3S/c1-3-17(4-2,9-15-23-12-7-5-6-8-13(12)27-15)16(25)26-10-14(24)22-11-18(19,20)21/h5-8H,3-4,9-11H2,1-2H3,(H,22,24). The highest BCUT2D eigenvalue weighted by Gasteiger charge is 2.38. The van der Waals surface area contributed by atoms with Crippen molar-refractivity contribution in [1.29, 1.82) is 0 Å². The highest BCUT2D eigenvalue weighted by molar-refractivity contribution is 7.18. The van der Waals surface area contributed by atoms with Gasteiger partial charge in [0.1, 0.15) is 6.54 Å². The summed E-state index contributed by atoms with van der Waals surface area (Å²) in [6.07, 6.45) is -3.24. The van der Waals surface area contributed by atoms with E-state index in [1.54, 1.807) is 5.32 Å². The minimum absolute atomic E-state index is 0.350. The minimum Gasteiger partial charge on any atom is -0.455 e. The highest BCUT2D eigenvalue weighted by Crippen LogP contribution is 2.35. The Balaban J connectivity index is 2.03. The number of hydrogen-bond donors (Lipinski definition) is 1. The molecule has 5 nitrogen and oxygen atoms in total. The molecule has 0 radical (unpaired) electrons. The van der Waals surface area contributed by atoms with Crippen LogP contribution in [0.2, 0.25) is 0 Å². The van der Waals surface area contributed by atoms with E-state index in [2.05, 4.69) is 4.98 Å². The SMILES string of the molecule is CCC(CC)(Cc1nc2ccccc2s1)C(=O)OCC(=O)NCC(F)(F)F. The maximum absolute atomic E-state index is 12.6. The van der Waals surface area contributed by atoms with Gasteiger partial charge in [0.2, 0.25) is 0 Å². The Morgan fingerprint density at radius 1 is 1.19 bits per heavy atom. The Labute approximate surface area is 158 Å². The third-order valence-electron chi connectivity index (χ3n) is 4.43. The van der Waals surface area contributed by atoms with Gasteiger partial charge in [-0.3, -0.25) is 9.59 Å². The number of para-hydroxylation sites is 1. The van der Waals surface area contributed by atoms with Crippen molar-refractivity contribution >= 4 is 33.4 Å². The molecule has 0 aliphatic carbocycles. The average molecular weight is 402 g/mol. The first-order valence-corrected chi connectivity index (χ1v) is 9.36. The lowest BCUT2D eigenvalue weighted by Crippen LogP contribution is -2.39. The van der Waals surface area contributed by atoms with Gasteiger partial charge in [-0.1, -0.05) is 26.0 Å². The van der Waals surface area contributed by atoms with E-state index < -0.39 is 36.6 Å². The molecule has 1 aromatic heterocycles. The van der Waals surface area contributed by atoms with E-state index in [1.165, 1.54) is 11.3 Å². The molecule has 27 heavy (non-hydrogen) atoms. The van der Waals surface area contributed by atoms with Crippen LogP contribution in [0.5, 0.6) is 0 Å². The van der Waals surface area contributed by atoms with Crippen molar-refractivity contribution in [1.82, 2.24) is 10.3 Å². The smallest absolute Gasteiger partial charge is 0.405 e. The fraction of sp³-hybridized carbons (Fsp3) is 0.500. The van der Waals surface area contributed by atoms with Crippen molar-refractivity contribution in [2.45, 2.75) is 39.3 Å². The second-order valence-electron chi connectivity index (χ2n) is 6.21. The average Bonchev–Trinajstić information content (AvgIpc) is 3.04. The Morgan fingerprint density at radius 2 is 1.85 bits per heavy atom. The van der Waals surface area contributed by atoms with Gasteiger partial charge in [-0.25, -0.2) is 4.98 Å². The van der Waals surface area contributed by atoms with Gasteiger partial charge in [0.15, 0.2) is 6.61 Å². The number of amides is 1. The third kappa shape index (κ3) is 5.66. The zero-order chi connectivity index (χ0) is 20.1. The number of rotatable bonds is 8. The molecule has 2 aromatic rings. The van der Waals surface area contributed by atoms with Gasteiger partial charge in [0.25, 0.3) is 5.91 Å². The summed E-state index contributed by atoms with van der Waals surface area (Å²) in [7, 11) is 0. The molecule has 1 aromatic carbocycles.